The summed E-state index contributed by atoms with van der Waals surface area (Å²) in [7, 11) is 1.70. The molecule has 0 heterocycles. The largest absolute Gasteiger partial charge is 0.493 e. The van der Waals surface area contributed by atoms with E-state index < -0.39 is 0 Å². The minimum atomic E-state index is 0.199. The maximum Gasteiger partial charge on any atom is 0.191 e. The summed E-state index contributed by atoms with van der Waals surface area (Å²) < 4.78 is 11.0. The van der Waals surface area contributed by atoms with Gasteiger partial charge < -0.3 is 20.1 Å². The van der Waals surface area contributed by atoms with E-state index in [1.165, 1.54) is 0 Å². The van der Waals surface area contributed by atoms with Gasteiger partial charge in [0.1, 0.15) is 5.75 Å². The molecule has 2 N–H and O–H groups in total. The van der Waals surface area contributed by atoms with Crippen LogP contribution in [0.25, 0.3) is 0 Å². The summed E-state index contributed by atoms with van der Waals surface area (Å²) >= 11 is 0. The summed E-state index contributed by atoms with van der Waals surface area (Å²) in [5, 5.41) is 6.59. The van der Waals surface area contributed by atoms with Gasteiger partial charge in [0.2, 0.25) is 0 Å². The first kappa shape index (κ1) is 19.3. The van der Waals surface area contributed by atoms with E-state index in [1.54, 1.807) is 7.11 Å². The van der Waals surface area contributed by atoms with Crippen molar-refractivity contribution < 1.29 is 9.47 Å². The third kappa shape index (κ3) is 7.88. The first-order chi connectivity index (χ1) is 11.1. The fourth-order valence-corrected chi connectivity index (χ4v) is 2.04. The van der Waals surface area contributed by atoms with Crippen LogP contribution in [0, 0.1) is 5.92 Å². The lowest BCUT2D eigenvalue weighted by Crippen LogP contribution is -2.43. The highest BCUT2D eigenvalue weighted by Crippen LogP contribution is 2.19. The highest BCUT2D eigenvalue weighted by atomic mass is 16.5. The molecule has 23 heavy (non-hydrogen) atoms. The predicted octanol–water partition coefficient (Wildman–Crippen LogP) is 2.81. The van der Waals surface area contributed by atoms with Gasteiger partial charge in [-0.25, -0.2) is 4.99 Å². The molecule has 5 nitrogen and oxygen atoms in total. The second-order valence-electron chi connectivity index (χ2n) is 6.01. The van der Waals surface area contributed by atoms with Crippen molar-refractivity contribution in [1.82, 2.24) is 10.6 Å². The second-order valence-corrected chi connectivity index (χ2v) is 6.01. The predicted molar refractivity (Wildman–Crippen MR) is 96.1 cm³/mol. The molecule has 0 saturated heterocycles. The van der Waals surface area contributed by atoms with Crippen LogP contribution in [0.4, 0.5) is 0 Å². The molecule has 1 aromatic carbocycles. The zero-order valence-corrected chi connectivity index (χ0v) is 15.1. The Morgan fingerprint density at radius 2 is 1.91 bits per heavy atom. The fourth-order valence-electron chi connectivity index (χ4n) is 2.04. The Bertz CT molecular complexity index is 475. The van der Waals surface area contributed by atoms with Crippen LogP contribution in [0.3, 0.4) is 0 Å². The number of rotatable bonds is 9. The van der Waals surface area contributed by atoms with Gasteiger partial charge in [-0.15, -0.1) is 0 Å². The summed E-state index contributed by atoms with van der Waals surface area (Å²) in [6, 6.07) is 8.27. The number of methoxy groups -OCH3 is 1. The molecule has 1 rings (SSSR count). The van der Waals surface area contributed by atoms with E-state index in [9.17, 15) is 0 Å². The van der Waals surface area contributed by atoms with Crippen molar-refractivity contribution in [3.63, 3.8) is 0 Å². The van der Waals surface area contributed by atoms with Crippen molar-refractivity contribution in [3.05, 3.63) is 29.8 Å². The van der Waals surface area contributed by atoms with Crippen LogP contribution in [0.5, 0.6) is 5.75 Å². The first-order valence-electron chi connectivity index (χ1n) is 8.31. The second kappa shape index (κ2) is 10.9. The maximum atomic E-state index is 5.88. The van der Waals surface area contributed by atoms with Crippen LogP contribution in [0.1, 0.15) is 33.3 Å². The molecule has 1 atom stereocenters. The van der Waals surface area contributed by atoms with Gasteiger partial charge in [0.15, 0.2) is 5.96 Å². The Hall–Kier alpha value is -1.75. The molecule has 130 valence electrons. The topological polar surface area (TPSA) is 54.9 Å². The molecular weight excluding hydrogens is 290 g/mol. The van der Waals surface area contributed by atoms with E-state index in [0.29, 0.717) is 25.7 Å². The molecule has 0 aromatic heterocycles. The molecule has 0 amide bonds. The molecule has 0 spiro atoms. The van der Waals surface area contributed by atoms with Crippen molar-refractivity contribution in [2.24, 2.45) is 10.9 Å². The molecule has 5 heteroatoms. The molecule has 0 radical (unpaired) electrons. The minimum absolute atomic E-state index is 0.199. The van der Waals surface area contributed by atoms with E-state index >= 15 is 0 Å². The van der Waals surface area contributed by atoms with Crippen LogP contribution in [0.15, 0.2) is 29.3 Å². The van der Waals surface area contributed by atoms with Crippen LogP contribution < -0.4 is 15.4 Å². The summed E-state index contributed by atoms with van der Waals surface area (Å²) in [5.74, 6) is 2.20. The van der Waals surface area contributed by atoms with Crippen LogP contribution >= 0.6 is 0 Å². The Kier molecular flexibility index (Phi) is 9.14. The highest BCUT2D eigenvalue weighted by Gasteiger charge is 2.07. The Morgan fingerprint density at radius 1 is 1.17 bits per heavy atom. The van der Waals surface area contributed by atoms with Crippen molar-refractivity contribution in [2.45, 2.75) is 40.3 Å². The number of para-hydroxylation sites is 1. The quantitative estimate of drug-likeness (QED) is 0.542. The Labute approximate surface area is 140 Å². The average molecular weight is 321 g/mol. The highest BCUT2D eigenvalue weighted by molar-refractivity contribution is 5.80. The summed E-state index contributed by atoms with van der Waals surface area (Å²) in [5.41, 5.74) is 1.09. The molecule has 0 aliphatic carbocycles. The fraction of sp³-hybridized carbons (Fsp3) is 0.611. The van der Waals surface area contributed by atoms with E-state index in [2.05, 4.69) is 49.4 Å². The third-order valence-electron chi connectivity index (χ3n) is 3.10. The van der Waals surface area contributed by atoms with Gasteiger partial charge in [-0.05, 0) is 25.8 Å². The van der Waals surface area contributed by atoms with Crippen molar-refractivity contribution in [2.75, 3.05) is 26.9 Å². The van der Waals surface area contributed by atoms with Crippen molar-refractivity contribution in [1.29, 1.82) is 0 Å². The van der Waals surface area contributed by atoms with Crippen LogP contribution in [-0.4, -0.2) is 38.9 Å². The molecule has 0 bridgehead atoms. The van der Waals surface area contributed by atoms with Crippen LogP contribution in [0.2, 0.25) is 0 Å². The van der Waals surface area contributed by atoms with Gasteiger partial charge >= 0.3 is 0 Å². The van der Waals surface area contributed by atoms with Gasteiger partial charge in [0, 0.05) is 25.3 Å². The van der Waals surface area contributed by atoms with Gasteiger partial charge in [-0.1, -0.05) is 32.0 Å². The van der Waals surface area contributed by atoms with Gasteiger partial charge in [0.25, 0.3) is 0 Å². The first-order valence-corrected chi connectivity index (χ1v) is 8.31. The lowest BCUT2D eigenvalue weighted by Gasteiger charge is -2.17. The number of nitrogens with zero attached hydrogens (tertiary/aromatic N) is 1. The van der Waals surface area contributed by atoms with Gasteiger partial charge in [-0.2, -0.15) is 0 Å². The maximum absolute atomic E-state index is 5.88. The number of aliphatic imine (C=N–C) groups is 1. The number of hydrogen-bond acceptors (Lipinski definition) is 3. The number of hydrogen-bond donors (Lipinski definition) is 2. The molecular formula is C18H31N3O2. The number of guanidine groups is 1. The lowest BCUT2D eigenvalue weighted by molar-refractivity contribution is 0.179. The summed E-state index contributed by atoms with van der Waals surface area (Å²) in [6.45, 7) is 11.1. The smallest absolute Gasteiger partial charge is 0.191 e. The normalized spacial score (nSPS) is 13.0. The zero-order chi connectivity index (χ0) is 17.1. The number of ether oxygens (including phenoxy) is 2. The molecule has 1 unspecified atom stereocenters. The Morgan fingerprint density at radius 3 is 2.57 bits per heavy atom. The third-order valence-corrected chi connectivity index (χ3v) is 3.10. The summed E-state index contributed by atoms with van der Waals surface area (Å²) in [6.07, 6.45) is 0. The van der Waals surface area contributed by atoms with Gasteiger partial charge in [-0.3, -0.25) is 0 Å². The zero-order valence-electron chi connectivity index (χ0n) is 15.1. The molecule has 0 fully saturated rings. The van der Waals surface area contributed by atoms with E-state index in [-0.39, 0.29) is 6.04 Å². The van der Waals surface area contributed by atoms with Crippen molar-refractivity contribution >= 4 is 5.96 Å². The minimum Gasteiger partial charge on any atom is -0.493 e. The molecule has 0 aliphatic rings. The van der Waals surface area contributed by atoms with Gasteiger partial charge in [0.05, 0.1) is 19.8 Å². The van der Waals surface area contributed by atoms with E-state index in [1.807, 2.05) is 18.2 Å². The van der Waals surface area contributed by atoms with Crippen LogP contribution in [-0.2, 0) is 11.3 Å². The van der Waals surface area contributed by atoms with E-state index in [0.717, 1.165) is 23.8 Å². The molecule has 0 saturated carbocycles. The average Bonchev–Trinajstić information content (AvgIpc) is 2.51. The lowest BCUT2D eigenvalue weighted by atomic mass is 10.2. The monoisotopic (exact) mass is 321 g/mol. The van der Waals surface area contributed by atoms with Crippen molar-refractivity contribution in [3.8, 4) is 5.75 Å². The molecule has 1 aromatic rings. The Balaban J connectivity index is 2.74. The SMILES string of the molecule is CCNC(=NCc1ccccc1OCC(C)C)NC(C)COC. The molecule has 0 aliphatic heterocycles. The van der Waals surface area contributed by atoms with E-state index in [4.69, 9.17) is 9.47 Å². The summed E-state index contributed by atoms with van der Waals surface area (Å²) in [4.78, 5) is 4.65. The number of nitrogens with one attached hydrogen (secondary N) is 2. The standard InChI is InChI=1S/C18H31N3O2/c1-6-19-18(21-15(4)13-22-5)20-11-16-9-7-8-10-17(16)23-12-14(2)3/h7-10,14-15H,6,11-13H2,1-5H3,(H2,19,20,21). The number of benzene rings is 1.